The second-order valence-electron chi connectivity index (χ2n) is 6.78. The van der Waals surface area contributed by atoms with Crippen LogP contribution in [-0.4, -0.2) is 46.0 Å². The smallest absolute Gasteiger partial charge is 0.246 e. The molecule has 0 radical (unpaired) electrons. The maximum atomic E-state index is 12.6. The average molecular weight is 375 g/mol. The number of carbonyl (C=O) groups excluding carboxylic acids is 2. The van der Waals surface area contributed by atoms with Gasteiger partial charge in [0.25, 0.3) is 0 Å². The van der Waals surface area contributed by atoms with Crippen LogP contribution in [0.25, 0.3) is 0 Å². The summed E-state index contributed by atoms with van der Waals surface area (Å²) >= 11 is 6.03. The van der Waals surface area contributed by atoms with Crippen LogP contribution in [0.3, 0.4) is 0 Å². The number of benzene rings is 1. The molecule has 2 heterocycles. The Balaban J connectivity index is 1.64. The summed E-state index contributed by atoms with van der Waals surface area (Å²) < 4.78 is 0. The molecule has 0 aliphatic carbocycles. The summed E-state index contributed by atoms with van der Waals surface area (Å²) in [5, 5.41) is 7.77. The van der Waals surface area contributed by atoms with E-state index in [9.17, 15) is 9.59 Å². The Morgan fingerprint density at radius 1 is 1.38 bits per heavy atom. The fourth-order valence-corrected chi connectivity index (χ4v) is 3.41. The molecule has 7 heteroatoms. The number of amides is 2. The van der Waals surface area contributed by atoms with Gasteiger partial charge in [-0.05, 0) is 44.5 Å². The van der Waals surface area contributed by atoms with E-state index in [2.05, 4.69) is 10.2 Å². The molecular weight excluding hydrogens is 352 g/mol. The van der Waals surface area contributed by atoms with Crippen molar-refractivity contribution in [3.63, 3.8) is 0 Å². The molecule has 2 amide bonds. The van der Waals surface area contributed by atoms with Crippen LogP contribution >= 0.6 is 11.6 Å². The Labute approximate surface area is 158 Å². The average Bonchev–Trinajstić information content (AvgIpc) is 2.93. The van der Waals surface area contributed by atoms with E-state index in [1.54, 1.807) is 21.9 Å². The number of hydrogen-bond acceptors (Lipinski definition) is 3. The van der Waals surface area contributed by atoms with Gasteiger partial charge in [0.2, 0.25) is 11.8 Å². The first kappa shape index (κ1) is 18.5. The maximum Gasteiger partial charge on any atom is 0.246 e. The van der Waals surface area contributed by atoms with E-state index in [4.69, 9.17) is 11.6 Å². The molecule has 1 aliphatic rings. The van der Waals surface area contributed by atoms with Gasteiger partial charge in [0, 0.05) is 41.8 Å². The summed E-state index contributed by atoms with van der Waals surface area (Å²) in [4.78, 5) is 28.6. The number of aromatic amines is 1. The fraction of sp³-hybridized carbons (Fsp3) is 0.421. The maximum absolute atomic E-state index is 12.6. The van der Waals surface area contributed by atoms with Crippen molar-refractivity contribution >= 4 is 29.1 Å². The molecule has 1 fully saturated rings. The number of anilines is 1. The van der Waals surface area contributed by atoms with Crippen LogP contribution in [0.5, 0.6) is 0 Å². The Bertz CT molecular complexity index is 833. The van der Waals surface area contributed by atoms with E-state index >= 15 is 0 Å². The van der Waals surface area contributed by atoms with E-state index in [0.29, 0.717) is 24.4 Å². The molecule has 1 aromatic carbocycles. The highest BCUT2D eigenvalue weighted by Crippen LogP contribution is 2.24. The van der Waals surface area contributed by atoms with Crippen LogP contribution in [0, 0.1) is 13.8 Å². The van der Waals surface area contributed by atoms with Crippen molar-refractivity contribution in [2.45, 2.75) is 39.7 Å². The minimum absolute atomic E-state index is 0.0170. The molecule has 1 atom stereocenters. The van der Waals surface area contributed by atoms with Gasteiger partial charge in [0.1, 0.15) is 6.54 Å². The Morgan fingerprint density at radius 2 is 2.15 bits per heavy atom. The van der Waals surface area contributed by atoms with Gasteiger partial charge in [-0.1, -0.05) is 17.7 Å². The zero-order valence-electron chi connectivity index (χ0n) is 15.3. The third-order valence-corrected chi connectivity index (χ3v) is 5.19. The van der Waals surface area contributed by atoms with Crippen LogP contribution in [0.15, 0.2) is 24.3 Å². The molecule has 3 rings (SSSR count). The highest BCUT2D eigenvalue weighted by molar-refractivity contribution is 6.30. The van der Waals surface area contributed by atoms with Gasteiger partial charge < -0.3 is 9.80 Å². The lowest BCUT2D eigenvalue weighted by molar-refractivity contribution is -0.139. The van der Waals surface area contributed by atoms with Crippen LogP contribution < -0.4 is 4.90 Å². The molecular formula is C19H23ClN4O2. The lowest BCUT2D eigenvalue weighted by atomic mass is 10.1. The standard InChI is InChI=1S/C19H23ClN4O2/c1-12-10-24(16-6-4-5-15(20)9-16)19(26)11-23(12)18(25)8-7-17-13(2)14(3)21-22-17/h4-6,9,12H,7-8,10-11H2,1-3H3,(H,21,22). The zero-order chi connectivity index (χ0) is 18.8. The predicted molar refractivity (Wildman–Crippen MR) is 101 cm³/mol. The summed E-state index contributed by atoms with van der Waals surface area (Å²) in [5.41, 5.74) is 3.79. The Kier molecular flexibility index (Phi) is 5.32. The molecule has 1 unspecified atom stereocenters. The van der Waals surface area contributed by atoms with Gasteiger partial charge in [-0.3, -0.25) is 14.7 Å². The van der Waals surface area contributed by atoms with Crippen molar-refractivity contribution in [1.29, 1.82) is 0 Å². The number of halogens is 1. The summed E-state index contributed by atoms with van der Waals surface area (Å²) in [6.45, 7) is 6.47. The first-order valence-corrected chi connectivity index (χ1v) is 9.10. The number of rotatable bonds is 4. The second-order valence-corrected chi connectivity index (χ2v) is 7.21. The molecule has 1 saturated heterocycles. The quantitative estimate of drug-likeness (QED) is 0.894. The summed E-state index contributed by atoms with van der Waals surface area (Å²) in [6.07, 6.45) is 0.921. The minimum Gasteiger partial charge on any atom is -0.329 e. The Hall–Kier alpha value is -2.34. The van der Waals surface area contributed by atoms with Crippen LogP contribution in [0.4, 0.5) is 5.69 Å². The highest BCUT2D eigenvalue weighted by atomic mass is 35.5. The highest BCUT2D eigenvalue weighted by Gasteiger charge is 2.33. The number of nitrogens with zero attached hydrogens (tertiary/aromatic N) is 3. The predicted octanol–water partition coefficient (Wildman–Crippen LogP) is 2.88. The van der Waals surface area contributed by atoms with Crippen LogP contribution in [-0.2, 0) is 16.0 Å². The van der Waals surface area contributed by atoms with E-state index < -0.39 is 0 Å². The number of H-pyrrole nitrogens is 1. The normalized spacial score (nSPS) is 17.7. The van der Waals surface area contributed by atoms with Gasteiger partial charge in [-0.2, -0.15) is 5.10 Å². The van der Waals surface area contributed by atoms with Gasteiger partial charge >= 0.3 is 0 Å². The van der Waals surface area contributed by atoms with E-state index in [1.165, 1.54) is 0 Å². The fourth-order valence-electron chi connectivity index (χ4n) is 3.23. The second kappa shape index (κ2) is 7.50. The number of nitrogens with one attached hydrogen (secondary N) is 1. The van der Waals surface area contributed by atoms with E-state index in [-0.39, 0.29) is 24.4 Å². The molecule has 138 valence electrons. The molecule has 26 heavy (non-hydrogen) atoms. The number of aryl methyl sites for hydroxylation is 2. The lowest BCUT2D eigenvalue weighted by Crippen LogP contribution is -2.57. The number of carbonyl (C=O) groups is 2. The molecule has 1 aliphatic heterocycles. The molecule has 0 saturated carbocycles. The molecule has 0 bridgehead atoms. The largest absolute Gasteiger partial charge is 0.329 e. The van der Waals surface area contributed by atoms with Gasteiger partial charge in [0.15, 0.2) is 0 Å². The van der Waals surface area contributed by atoms with Crippen molar-refractivity contribution in [1.82, 2.24) is 15.1 Å². The third-order valence-electron chi connectivity index (χ3n) is 4.96. The molecule has 0 spiro atoms. The number of hydrogen-bond donors (Lipinski definition) is 1. The first-order valence-electron chi connectivity index (χ1n) is 8.72. The summed E-state index contributed by atoms with van der Waals surface area (Å²) in [7, 11) is 0. The monoisotopic (exact) mass is 374 g/mol. The zero-order valence-corrected chi connectivity index (χ0v) is 16.0. The SMILES string of the molecule is Cc1[nH]nc(CCC(=O)N2CC(=O)N(c3cccc(Cl)c3)CC2C)c1C. The van der Waals surface area contributed by atoms with Crippen molar-refractivity contribution < 1.29 is 9.59 Å². The first-order chi connectivity index (χ1) is 12.4. The van der Waals surface area contributed by atoms with Crippen LogP contribution in [0.1, 0.15) is 30.3 Å². The number of piperazine rings is 1. The summed E-state index contributed by atoms with van der Waals surface area (Å²) in [5.74, 6) is -0.109. The molecule has 1 aromatic heterocycles. The van der Waals surface area contributed by atoms with E-state index in [0.717, 1.165) is 22.6 Å². The van der Waals surface area contributed by atoms with Crippen molar-refractivity contribution in [2.24, 2.45) is 0 Å². The van der Waals surface area contributed by atoms with Crippen LogP contribution in [0.2, 0.25) is 5.02 Å². The lowest BCUT2D eigenvalue weighted by Gasteiger charge is -2.39. The third kappa shape index (κ3) is 3.75. The molecule has 2 aromatic rings. The van der Waals surface area contributed by atoms with E-state index in [1.807, 2.05) is 32.9 Å². The van der Waals surface area contributed by atoms with Gasteiger partial charge in [-0.15, -0.1) is 0 Å². The number of aromatic nitrogens is 2. The van der Waals surface area contributed by atoms with Gasteiger partial charge in [-0.25, -0.2) is 0 Å². The van der Waals surface area contributed by atoms with Crippen molar-refractivity contribution in [3.05, 3.63) is 46.2 Å². The molecule has 6 nitrogen and oxygen atoms in total. The molecule has 1 N–H and O–H groups in total. The minimum atomic E-state index is -0.0921. The van der Waals surface area contributed by atoms with Crippen molar-refractivity contribution in [3.8, 4) is 0 Å². The Morgan fingerprint density at radius 3 is 2.81 bits per heavy atom. The van der Waals surface area contributed by atoms with Crippen molar-refractivity contribution in [2.75, 3.05) is 18.0 Å². The van der Waals surface area contributed by atoms with Gasteiger partial charge in [0.05, 0.1) is 5.69 Å². The topological polar surface area (TPSA) is 69.3 Å². The summed E-state index contributed by atoms with van der Waals surface area (Å²) in [6, 6.07) is 7.17.